The summed E-state index contributed by atoms with van der Waals surface area (Å²) < 4.78 is 33.4. The highest BCUT2D eigenvalue weighted by molar-refractivity contribution is 7.90. The lowest BCUT2D eigenvalue weighted by atomic mass is 10.1. The molecule has 0 aromatic heterocycles. The smallest absolute Gasteiger partial charge is 0.301 e. The molecule has 8 heteroatoms. The van der Waals surface area contributed by atoms with Crippen LogP contribution in [0.1, 0.15) is 12.8 Å². The number of phenols is 1. The number of hydrogen-bond acceptors (Lipinski definition) is 4. The van der Waals surface area contributed by atoms with E-state index in [9.17, 15) is 13.5 Å². The summed E-state index contributed by atoms with van der Waals surface area (Å²) in [7, 11) is -2.05. The molecular weight excluding hydrogens is 304 g/mol. The molecule has 0 radical (unpaired) electrons. The van der Waals surface area contributed by atoms with Gasteiger partial charge in [-0.1, -0.05) is 11.6 Å². The van der Waals surface area contributed by atoms with Crippen LogP contribution in [0.25, 0.3) is 0 Å². The molecule has 1 saturated heterocycles. The molecule has 20 heavy (non-hydrogen) atoms. The van der Waals surface area contributed by atoms with Crippen LogP contribution >= 0.6 is 11.6 Å². The van der Waals surface area contributed by atoms with Crippen LogP contribution in [-0.2, 0) is 14.9 Å². The summed E-state index contributed by atoms with van der Waals surface area (Å²) >= 11 is 5.91. The van der Waals surface area contributed by atoms with Crippen molar-refractivity contribution in [1.29, 1.82) is 0 Å². The van der Waals surface area contributed by atoms with E-state index in [1.807, 2.05) is 0 Å². The second-order valence-electron chi connectivity index (χ2n) is 4.61. The highest BCUT2D eigenvalue weighted by atomic mass is 35.5. The molecule has 0 spiro atoms. The van der Waals surface area contributed by atoms with Gasteiger partial charge in [0.05, 0.1) is 16.8 Å². The summed E-state index contributed by atoms with van der Waals surface area (Å²) in [4.78, 5) is 0. The molecule has 0 unspecified atom stereocenters. The molecule has 6 nitrogen and oxygen atoms in total. The van der Waals surface area contributed by atoms with Crippen LogP contribution in [-0.4, -0.2) is 44.1 Å². The van der Waals surface area contributed by atoms with Crippen molar-refractivity contribution in [3.8, 4) is 5.75 Å². The Kier molecular flexibility index (Phi) is 4.74. The molecule has 0 saturated carbocycles. The van der Waals surface area contributed by atoms with Gasteiger partial charge in [0.15, 0.2) is 0 Å². The second kappa shape index (κ2) is 6.17. The zero-order valence-electron chi connectivity index (χ0n) is 11.0. The summed E-state index contributed by atoms with van der Waals surface area (Å²) in [6.07, 6.45) is 1.42. The Labute approximate surface area is 123 Å². The number of rotatable bonds is 4. The molecule has 1 fully saturated rings. The lowest BCUT2D eigenvalue weighted by Gasteiger charge is -2.30. The summed E-state index contributed by atoms with van der Waals surface area (Å²) in [5.41, 5.74) is 0.167. The van der Waals surface area contributed by atoms with Gasteiger partial charge in [0.1, 0.15) is 5.75 Å². The molecule has 0 atom stereocenters. The van der Waals surface area contributed by atoms with Gasteiger partial charge >= 0.3 is 10.2 Å². The molecular formula is C12H17ClN2O4S. The van der Waals surface area contributed by atoms with Gasteiger partial charge in [-0.05, 0) is 25.0 Å². The molecule has 0 aliphatic carbocycles. The standard InChI is InChI=1S/C12H17ClN2O4S/c1-19-10-4-6-15(7-5-10)20(17,18)14-12-8-9(16)2-3-11(12)13/h2-3,8,10,14,16H,4-7H2,1H3. The average molecular weight is 321 g/mol. The fourth-order valence-electron chi connectivity index (χ4n) is 2.10. The van der Waals surface area contributed by atoms with Crippen molar-refractivity contribution >= 4 is 27.5 Å². The number of methoxy groups -OCH3 is 1. The predicted molar refractivity (Wildman–Crippen MR) is 77.3 cm³/mol. The third-order valence-corrected chi connectivity index (χ3v) is 5.12. The zero-order valence-corrected chi connectivity index (χ0v) is 12.6. The van der Waals surface area contributed by atoms with Crippen molar-refractivity contribution in [1.82, 2.24) is 4.31 Å². The monoisotopic (exact) mass is 320 g/mol. The van der Waals surface area contributed by atoms with Crippen LogP contribution in [0.2, 0.25) is 5.02 Å². The van der Waals surface area contributed by atoms with Gasteiger partial charge in [-0.15, -0.1) is 0 Å². The molecule has 1 aromatic rings. The number of ether oxygens (including phenoxy) is 1. The summed E-state index contributed by atoms with van der Waals surface area (Å²) in [5, 5.41) is 9.62. The quantitative estimate of drug-likeness (QED) is 0.887. The van der Waals surface area contributed by atoms with Gasteiger partial charge in [0.25, 0.3) is 0 Å². The zero-order chi connectivity index (χ0) is 14.8. The van der Waals surface area contributed by atoms with Gasteiger partial charge in [-0.2, -0.15) is 12.7 Å². The topological polar surface area (TPSA) is 78.9 Å². The van der Waals surface area contributed by atoms with Crippen LogP contribution in [0.15, 0.2) is 18.2 Å². The van der Waals surface area contributed by atoms with Crippen LogP contribution in [0.3, 0.4) is 0 Å². The number of piperidine rings is 1. The van der Waals surface area contributed by atoms with Gasteiger partial charge in [-0.3, -0.25) is 4.72 Å². The molecule has 112 valence electrons. The predicted octanol–water partition coefficient (Wildman–Crippen LogP) is 1.81. The van der Waals surface area contributed by atoms with E-state index in [-0.39, 0.29) is 22.6 Å². The number of nitrogens with one attached hydrogen (secondary N) is 1. The number of nitrogens with zero attached hydrogens (tertiary/aromatic N) is 1. The third-order valence-electron chi connectivity index (χ3n) is 3.26. The van der Waals surface area contributed by atoms with Gasteiger partial charge < -0.3 is 9.84 Å². The highest BCUT2D eigenvalue weighted by Gasteiger charge is 2.28. The minimum Gasteiger partial charge on any atom is -0.508 e. The number of aromatic hydroxyl groups is 1. The first-order valence-electron chi connectivity index (χ1n) is 6.21. The Morgan fingerprint density at radius 1 is 1.40 bits per heavy atom. The molecule has 2 rings (SSSR count). The van der Waals surface area contributed by atoms with E-state index in [0.29, 0.717) is 25.9 Å². The Morgan fingerprint density at radius 3 is 2.65 bits per heavy atom. The van der Waals surface area contributed by atoms with Gasteiger partial charge in [-0.25, -0.2) is 0 Å². The van der Waals surface area contributed by atoms with Crippen LogP contribution < -0.4 is 4.72 Å². The molecule has 2 N–H and O–H groups in total. The van der Waals surface area contributed by atoms with Crippen LogP contribution in [0.5, 0.6) is 5.75 Å². The van der Waals surface area contributed by atoms with Crippen molar-refractivity contribution in [2.24, 2.45) is 0 Å². The normalized spacial score (nSPS) is 18.1. The number of phenolic OH excluding ortho intramolecular Hbond substituents is 1. The van der Waals surface area contributed by atoms with Crippen molar-refractivity contribution < 1.29 is 18.3 Å². The van der Waals surface area contributed by atoms with Crippen molar-refractivity contribution in [2.45, 2.75) is 18.9 Å². The van der Waals surface area contributed by atoms with E-state index in [1.54, 1.807) is 7.11 Å². The maximum atomic E-state index is 12.2. The van der Waals surface area contributed by atoms with Crippen LogP contribution in [0, 0.1) is 0 Å². The number of hydrogen-bond donors (Lipinski definition) is 2. The van der Waals surface area contributed by atoms with E-state index < -0.39 is 10.2 Å². The Morgan fingerprint density at radius 2 is 2.05 bits per heavy atom. The second-order valence-corrected chi connectivity index (χ2v) is 6.68. The molecule has 0 bridgehead atoms. The van der Waals surface area contributed by atoms with E-state index in [0.717, 1.165) is 0 Å². The molecule has 1 heterocycles. The molecule has 0 amide bonds. The summed E-state index contributed by atoms with van der Waals surface area (Å²) in [6, 6.07) is 4.11. The first kappa shape index (κ1) is 15.4. The lowest BCUT2D eigenvalue weighted by molar-refractivity contribution is 0.0606. The van der Waals surface area contributed by atoms with Crippen molar-refractivity contribution in [2.75, 3.05) is 24.9 Å². The number of halogens is 1. The molecule has 1 aromatic carbocycles. The largest absolute Gasteiger partial charge is 0.508 e. The minimum atomic E-state index is -3.68. The average Bonchev–Trinajstić information content (AvgIpc) is 2.43. The Balaban J connectivity index is 2.10. The van der Waals surface area contributed by atoms with Crippen LogP contribution in [0.4, 0.5) is 5.69 Å². The maximum absolute atomic E-state index is 12.2. The summed E-state index contributed by atoms with van der Waals surface area (Å²) in [5.74, 6) is -0.0507. The van der Waals surface area contributed by atoms with Gasteiger partial charge in [0, 0.05) is 26.3 Å². The third kappa shape index (κ3) is 3.54. The van der Waals surface area contributed by atoms with Crippen molar-refractivity contribution in [3.05, 3.63) is 23.2 Å². The van der Waals surface area contributed by atoms with Gasteiger partial charge in [0.2, 0.25) is 0 Å². The number of anilines is 1. The molecule has 1 aliphatic rings. The SMILES string of the molecule is COC1CCN(S(=O)(=O)Nc2cc(O)ccc2Cl)CC1. The first-order valence-corrected chi connectivity index (χ1v) is 8.03. The number of benzene rings is 1. The fraction of sp³-hybridized carbons (Fsp3) is 0.500. The highest BCUT2D eigenvalue weighted by Crippen LogP contribution is 2.28. The minimum absolute atomic E-state index is 0.0507. The van der Waals surface area contributed by atoms with E-state index in [4.69, 9.17) is 16.3 Å². The fourth-order valence-corrected chi connectivity index (χ4v) is 3.59. The van der Waals surface area contributed by atoms with E-state index in [2.05, 4.69) is 4.72 Å². The molecule has 1 aliphatic heterocycles. The summed E-state index contributed by atoms with van der Waals surface area (Å²) in [6.45, 7) is 0.786. The Bertz CT molecular complexity index is 571. The maximum Gasteiger partial charge on any atom is 0.301 e. The van der Waals surface area contributed by atoms with E-state index >= 15 is 0 Å². The Hall–Kier alpha value is -1.02. The first-order chi connectivity index (χ1) is 9.42. The lowest BCUT2D eigenvalue weighted by Crippen LogP contribution is -2.43. The van der Waals surface area contributed by atoms with Crippen molar-refractivity contribution in [3.63, 3.8) is 0 Å². The van der Waals surface area contributed by atoms with E-state index in [1.165, 1.54) is 22.5 Å².